The van der Waals surface area contributed by atoms with Gasteiger partial charge in [-0.2, -0.15) is 18.3 Å². The minimum absolute atomic E-state index is 0.213. The van der Waals surface area contributed by atoms with Crippen LogP contribution >= 0.6 is 0 Å². The molecule has 0 saturated heterocycles. The zero-order chi connectivity index (χ0) is 17.1. The van der Waals surface area contributed by atoms with Gasteiger partial charge in [0, 0.05) is 18.4 Å². The van der Waals surface area contributed by atoms with Gasteiger partial charge < -0.3 is 5.32 Å². The van der Waals surface area contributed by atoms with Gasteiger partial charge in [0.15, 0.2) is 0 Å². The summed E-state index contributed by atoms with van der Waals surface area (Å²) in [5.74, 6) is -1.06. The Morgan fingerprint density at radius 1 is 1.22 bits per heavy atom. The first-order chi connectivity index (χ1) is 10.7. The summed E-state index contributed by atoms with van der Waals surface area (Å²) in [5, 5.41) is 9.08. The summed E-state index contributed by atoms with van der Waals surface area (Å²) >= 11 is 0. The van der Waals surface area contributed by atoms with Crippen LogP contribution in [0.25, 0.3) is 0 Å². The van der Waals surface area contributed by atoms with E-state index in [1.807, 2.05) is 0 Å². The van der Waals surface area contributed by atoms with Gasteiger partial charge in [0.25, 0.3) is 9.84 Å². The van der Waals surface area contributed by atoms with E-state index in [1.165, 1.54) is 0 Å². The molecule has 5 nitrogen and oxygen atoms in total. The summed E-state index contributed by atoms with van der Waals surface area (Å²) in [6.07, 6.45) is 2.66. The SMILES string of the molecule is O=S(=O)(c1cc(F)ccc1NCCCc1ccn[nH]1)C(F)(F)F. The molecular weight excluding hydrogens is 338 g/mol. The minimum Gasteiger partial charge on any atom is -0.384 e. The average molecular weight is 351 g/mol. The van der Waals surface area contributed by atoms with E-state index in [-0.39, 0.29) is 12.2 Å². The van der Waals surface area contributed by atoms with Crippen LogP contribution in [0.3, 0.4) is 0 Å². The highest BCUT2D eigenvalue weighted by molar-refractivity contribution is 7.92. The van der Waals surface area contributed by atoms with Gasteiger partial charge in [-0.05, 0) is 37.1 Å². The van der Waals surface area contributed by atoms with E-state index in [2.05, 4.69) is 15.5 Å². The third-order valence-corrected chi connectivity index (χ3v) is 4.56. The van der Waals surface area contributed by atoms with Crippen molar-refractivity contribution in [3.8, 4) is 0 Å². The summed E-state index contributed by atoms with van der Waals surface area (Å²) in [4.78, 5) is -1.12. The van der Waals surface area contributed by atoms with Gasteiger partial charge in [-0.1, -0.05) is 0 Å². The van der Waals surface area contributed by atoms with Crippen LogP contribution in [0.1, 0.15) is 12.1 Å². The molecule has 0 aliphatic heterocycles. The number of halogens is 4. The van der Waals surface area contributed by atoms with E-state index in [4.69, 9.17) is 0 Å². The van der Waals surface area contributed by atoms with Crippen molar-refractivity contribution in [2.75, 3.05) is 11.9 Å². The molecule has 23 heavy (non-hydrogen) atoms. The largest absolute Gasteiger partial charge is 0.501 e. The van der Waals surface area contributed by atoms with Gasteiger partial charge in [-0.3, -0.25) is 5.10 Å². The lowest BCUT2D eigenvalue weighted by molar-refractivity contribution is -0.0435. The standard InChI is InChI=1S/C13H13F4N3O2S/c14-9-3-4-11(12(8-9)23(21,22)13(15,16)17)18-6-1-2-10-5-7-19-20-10/h3-5,7-8,18H,1-2,6H2,(H,19,20). The highest BCUT2D eigenvalue weighted by atomic mass is 32.2. The van der Waals surface area contributed by atoms with E-state index in [0.717, 1.165) is 17.8 Å². The van der Waals surface area contributed by atoms with Crippen LogP contribution in [-0.4, -0.2) is 30.7 Å². The van der Waals surface area contributed by atoms with Gasteiger partial charge in [0.2, 0.25) is 0 Å². The zero-order valence-electron chi connectivity index (χ0n) is 11.7. The molecule has 0 radical (unpaired) electrons. The van der Waals surface area contributed by atoms with Crippen LogP contribution in [0.2, 0.25) is 0 Å². The zero-order valence-corrected chi connectivity index (χ0v) is 12.5. The van der Waals surface area contributed by atoms with Gasteiger partial charge in [-0.25, -0.2) is 12.8 Å². The number of hydrogen-bond donors (Lipinski definition) is 2. The number of alkyl halides is 3. The lowest BCUT2D eigenvalue weighted by Crippen LogP contribution is -2.24. The molecule has 1 aromatic heterocycles. The number of aromatic nitrogens is 2. The van der Waals surface area contributed by atoms with Crippen molar-refractivity contribution in [1.29, 1.82) is 0 Å². The van der Waals surface area contributed by atoms with E-state index in [0.29, 0.717) is 18.9 Å². The molecule has 126 valence electrons. The summed E-state index contributed by atoms with van der Waals surface area (Å²) < 4.78 is 74.1. The molecule has 0 spiro atoms. The van der Waals surface area contributed by atoms with Crippen LogP contribution in [0.15, 0.2) is 35.4 Å². The molecule has 2 N–H and O–H groups in total. The molecule has 2 aromatic rings. The number of sulfone groups is 1. The lowest BCUT2D eigenvalue weighted by Gasteiger charge is -2.14. The van der Waals surface area contributed by atoms with Crippen LogP contribution < -0.4 is 5.32 Å². The fourth-order valence-electron chi connectivity index (χ4n) is 1.92. The Hall–Kier alpha value is -2.10. The normalized spacial score (nSPS) is 12.3. The quantitative estimate of drug-likeness (QED) is 0.620. The molecule has 2 rings (SSSR count). The van der Waals surface area contributed by atoms with E-state index >= 15 is 0 Å². The Kier molecular flexibility index (Phi) is 4.93. The first kappa shape index (κ1) is 17.3. The number of hydrogen-bond acceptors (Lipinski definition) is 4. The number of H-pyrrole nitrogens is 1. The van der Waals surface area contributed by atoms with Gasteiger partial charge in [0.05, 0.1) is 5.69 Å². The number of nitrogens with zero attached hydrogens (tertiary/aromatic N) is 1. The molecule has 0 saturated carbocycles. The summed E-state index contributed by atoms with van der Waals surface area (Å²) in [6.45, 7) is 0.213. The van der Waals surface area contributed by atoms with Gasteiger partial charge >= 0.3 is 5.51 Å². The van der Waals surface area contributed by atoms with Crippen LogP contribution in [0, 0.1) is 5.82 Å². The lowest BCUT2D eigenvalue weighted by atomic mass is 10.2. The number of aryl methyl sites for hydroxylation is 1. The van der Waals surface area contributed by atoms with E-state index in [1.54, 1.807) is 12.3 Å². The third kappa shape index (κ3) is 4.01. The predicted octanol–water partition coefficient (Wildman–Crippen LogP) is 2.89. The fraction of sp³-hybridized carbons (Fsp3) is 0.308. The Balaban J connectivity index is 2.13. The van der Waals surface area contributed by atoms with Crippen LogP contribution in [0.4, 0.5) is 23.2 Å². The molecule has 0 unspecified atom stereocenters. The predicted molar refractivity (Wildman–Crippen MR) is 75.0 cm³/mol. The van der Waals surface area contributed by atoms with E-state index in [9.17, 15) is 26.0 Å². The topological polar surface area (TPSA) is 74.8 Å². The number of anilines is 1. The van der Waals surface area contributed by atoms with Crippen molar-refractivity contribution in [2.45, 2.75) is 23.2 Å². The summed E-state index contributed by atoms with van der Waals surface area (Å²) in [7, 11) is -5.63. The third-order valence-electron chi connectivity index (χ3n) is 3.03. The smallest absolute Gasteiger partial charge is 0.384 e. The van der Waals surface area contributed by atoms with Crippen molar-refractivity contribution in [1.82, 2.24) is 10.2 Å². The molecule has 0 aliphatic rings. The fourth-order valence-corrected chi connectivity index (χ4v) is 2.86. The van der Waals surface area contributed by atoms with Crippen molar-refractivity contribution in [3.05, 3.63) is 42.0 Å². The Morgan fingerprint density at radius 3 is 2.57 bits per heavy atom. The van der Waals surface area contributed by atoms with Crippen molar-refractivity contribution in [2.24, 2.45) is 0 Å². The maximum atomic E-state index is 13.2. The Labute approximate surface area is 129 Å². The molecule has 0 amide bonds. The maximum Gasteiger partial charge on any atom is 0.501 e. The van der Waals surface area contributed by atoms with Crippen molar-refractivity contribution < 1.29 is 26.0 Å². The highest BCUT2D eigenvalue weighted by Crippen LogP contribution is 2.34. The number of benzene rings is 1. The number of nitrogens with one attached hydrogen (secondary N) is 2. The Morgan fingerprint density at radius 2 is 1.96 bits per heavy atom. The second-order valence-corrected chi connectivity index (χ2v) is 6.61. The number of rotatable bonds is 6. The second kappa shape index (κ2) is 6.57. The molecule has 1 aromatic carbocycles. The van der Waals surface area contributed by atoms with Gasteiger partial charge in [0.1, 0.15) is 10.7 Å². The first-order valence-corrected chi connectivity index (χ1v) is 8.03. The average Bonchev–Trinajstić information content (AvgIpc) is 2.96. The molecule has 0 fully saturated rings. The van der Waals surface area contributed by atoms with Gasteiger partial charge in [-0.15, -0.1) is 0 Å². The van der Waals surface area contributed by atoms with Crippen molar-refractivity contribution >= 4 is 15.5 Å². The number of aromatic amines is 1. The van der Waals surface area contributed by atoms with Crippen LogP contribution in [-0.2, 0) is 16.3 Å². The van der Waals surface area contributed by atoms with E-state index < -0.39 is 26.1 Å². The molecule has 1 heterocycles. The minimum atomic E-state index is -5.63. The molecule has 0 atom stereocenters. The maximum absolute atomic E-state index is 13.2. The Bertz CT molecular complexity index is 758. The second-order valence-electron chi connectivity index (χ2n) is 4.70. The molecule has 0 bridgehead atoms. The highest BCUT2D eigenvalue weighted by Gasteiger charge is 2.48. The van der Waals surface area contributed by atoms with Crippen molar-refractivity contribution in [3.63, 3.8) is 0 Å². The molecular formula is C13H13F4N3O2S. The summed E-state index contributed by atoms with van der Waals surface area (Å²) in [6, 6.07) is 3.98. The molecule has 0 aliphatic carbocycles. The summed E-state index contributed by atoms with van der Waals surface area (Å²) in [5.41, 5.74) is -4.94. The van der Waals surface area contributed by atoms with Crippen LogP contribution in [0.5, 0.6) is 0 Å². The monoisotopic (exact) mass is 351 g/mol. The molecule has 10 heteroatoms. The first-order valence-electron chi connectivity index (χ1n) is 6.55.